The highest BCUT2D eigenvalue weighted by Gasteiger charge is 1.98. The Labute approximate surface area is 114 Å². The fourth-order valence-electron chi connectivity index (χ4n) is 1.85. The van der Waals surface area contributed by atoms with Gasteiger partial charge in [-0.25, -0.2) is 4.79 Å². The molecule has 3 rings (SSSR count). The number of hydrogen-bond donors (Lipinski definition) is 1. The van der Waals surface area contributed by atoms with E-state index in [4.69, 9.17) is 4.42 Å². The molecule has 0 bridgehead atoms. The number of rotatable bonds is 2. The summed E-state index contributed by atoms with van der Waals surface area (Å²) in [5.41, 5.74) is 1.83. The lowest BCUT2D eigenvalue weighted by atomic mass is 10.2. The lowest BCUT2D eigenvalue weighted by Gasteiger charge is -1.98. The highest BCUT2D eigenvalue weighted by atomic mass is 16.4. The summed E-state index contributed by atoms with van der Waals surface area (Å²) in [6, 6.07) is 15.2. The van der Waals surface area contributed by atoms with Gasteiger partial charge in [-0.3, -0.25) is 4.99 Å². The highest BCUT2D eigenvalue weighted by molar-refractivity contribution is 5.85. The van der Waals surface area contributed by atoms with Crippen LogP contribution in [-0.2, 0) is 0 Å². The molecule has 1 N–H and O–H groups in total. The molecule has 0 amide bonds. The van der Waals surface area contributed by atoms with Gasteiger partial charge in [0.25, 0.3) is 0 Å². The van der Waals surface area contributed by atoms with Crippen molar-refractivity contribution in [2.75, 3.05) is 0 Å². The molecule has 0 aliphatic heterocycles. The van der Waals surface area contributed by atoms with Gasteiger partial charge in [0.2, 0.25) is 0 Å². The van der Waals surface area contributed by atoms with Crippen LogP contribution >= 0.6 is 0 Å². The molecular formula is C16H11NO3. The van der Waals surface area contributed by atoms with E-state index < -0.39 is 0 Å². The molecule has 1 heterocycles. The van der Waals surface area contributed by atoms with Crippen molar-refractivity contribution in [3.63, 3.8) is 0 Å². The van der Waals surface area contributed by atoms with Crippen LogP contribution in [0.1, 0.15) is 5.56 Å². The third-order valence-electron chi connectivity index (χ3n) is 2.86. The molecule has 0 saturated heterocycles. The van der Waals surface area contributed by atoms with Gasteiger partial charge >= 0.3 is 5.63 Å². The second-order valence-corrected chi connectivity index (χ2v) is 4.33. The van der Waals surface area contributed by atoms with Crippen LogP contribution < -0.4 is 5.63 Å². The van der Waals surface area contributed by atoms with Crippen LogP contribution in [0.15, 0.2) is 68.8 Å². The van der Waals surface area contributed by atoms with E-state index >= 15 is 0 Å². The molecule has 4 nitrogen and oxygen atoms in total. The molecular weight excluding hydrogens is 254 g/mol. The van der Waals surface area contributed by atoms with Crippen molar-refractivity contribution < 1.29 is 9.52 Å². The zero-order valence-electron chi connectivity index (χ0n) is 10.5. The summed E-state index contributed by atoms with van der Waals surface area (Å²) in [5.74, 6) is 0.225. The van der Waals surface area contributed by atoms with Gasteiger partial charge in [-0.2, -0.15) is 0 Å². The van der Waals surface area contributed by atoms with E-state index in [0.717, 1.165) is 16.6 Å². The molecule has 0 unspecified atom stereocenters. The fraction of sp³-hybridized carbons (Fsp3) is 0. The van der Waals surface area contributed by atoms with Gasteiger partial charge in [-0.15, -0.1) is 0 Å². The van der Waals surface area contributed by atoms with E-state index in [9.17, 15) is 9.90 Å². The predicted molar refractivity (Wildman–Crippen MR) is 77.8 cm³/mol. The second kappa shape index (κ2) is 5.01. The molecule has 0 radical (unpaired) electrons. The summed E-state index contributed by atoms with van der Waals surface area (Å²) >= 11 is 0. The smallest absolute Gasteiger partial charge is 0.336 e. The monoisotopic (exact) mass is 265 g/mol. The van der Waals surface area contributed by atoms with Crippen molar-refractivity contribution in [2.45, 2.75) is 0 Å². The van der Waals surface area contributed by atoms with Crippen LogP contribution in [0.5, 0.6) is 5.75 Å². The standard InChI is InChI=1S/C16H11NO3/c18-14-5-1-11(2-6-14)10-17-13-4-7-15-12(9-13)3-8-16(19)20-15/h1-10,18H. The third-order valence-corrected chi connectivity index (χ3v) is 2.86. The normalized spacial score (nSPS) is 11.2. The first kappa shape index (κ1) is 12.2. The minimum Gasteiger partial charge on any atom is -0.508 e. The van der Waals surface area contributed by atoms with E-state index in [2.05, 4.69) is 4.99 Å². The second-order valence-electron chi connectivity index (χ2n) is 4.33. The number of phenols is 1. The Hall–Kier alpha value is -2.88. The van der Waals surface area contributed by atoms with Crippen molar-refractivity contribution in [1.29, 1.82) is 0 Å². The average Bonchev–Trinajstić information content (AvgIpc) is 2.46. The molecule has 3 aromatic rings. The minimum absolute atomic E-state index is 0.225. The number of benzene rings is 2. The summed E-state index contributed by atoms with van der Waals surface area (Å²) in [6.07, 6.45) is 1.71. The van der Waals surface area contributed by atoms with Gasteiger partial charge in [-0.1, -0.05) is 0 Å². The van der Waals surface area contributed by atoms with Crippen LogP contribution in [0, 0.1) is 0 Å². The minimum atomic E-state index is -0.363. The van der Waals surface area contributed by atoms with Crippen LogP contribution in [0.2, 0.25) is 0 Å². The van der Waals surface area contributed by atoms with Crippen molar-refractivity contribution in [1.82, 2.24) is 0 Å². The maximum Gasteiger partial charge on any atom is 0.336 e. The number of nitrogens with zero attached hydrogens (tertiary/aromatic N) is 1. The number of phenolic OH excluding ortho intramolecular Hbond substituents is 1. The molecule has 4 heteroatoms. The average molecular weight is 265 g/mol. The maximum atomic E-state index is 11.1. The van der Waals surface area contributed by atoms with Crippen molar-refractivity contribution >= 4 is 22.9 Å². The summed E-state index contributed by atoms with van der Waals surface area (Å²) in [4.78, 5) is 15.4. The van der Waals surface area contributed by atoms with Gasteiger partial charge < -0.3 is 9.52 Å². The van der Waals surface area contributed by atoms with Gasteiger partial charge in [0.05, 0.1) is 5.69 Å². The molecule has 0 spiro atoms. The Morgan fingerprint density at radius 3 is 2.60 bits per heavy atom. The topological polar surface area (TPSA) is 62.8 Å². The molecule has 0 atom stereocenters. The van der Waals surface area contributed by atoms with E-state index in [1.807, 2.05) is 6.07 Å². The van der Waals surface area contributed by atoms with Crippen LogP contribution in [0.4, 0.5) is 5.69 Å². The Morgan fingerprint density at radius 2 is 1.80 bits per heavy atom. The zero-order valence-corrected chi connectivity index (χ0v) is 10.5. The Bertz CT molecular complexity index is 832. The molecule has 0 aliphatic carbocycles. The fourth-order valence-corrected chi connectivity index (χ4v) is 1.85. The van der Waals surface area contributed by atoms with Gasteiger partial charge in [0.1, 0.15) is 11.3 Å². The number of aromatic hydroxyl groups is 1. The maximum absolute atomic E-state index is 11.1. The SMILES string of the molecule is O=c1ccc2cc(N=Cc3ccc(O)cc3)ccc2o1. The van der Waals surface area contributed by atoms with E-state index in [-0.39, 0.29) is 11.4 Å². The highest BCUT2D eigenvalue weighted by Crippen LogP contribution is 2.20. The molecule has 2 aromatic carbocycles. The van der Waals surface area contributed by atoms with Crippen LogP contribution in [0.3, 0.4) is 0 Å². The van der Waals surface area contributed by atoms with E-state index in [1.165, 1.54) is 6.07 Å². The molecule has 0 saturated carbocycles. The molecule has 98 valence electrons. The summed E-state index contributed by atoms with van der Waals surface area (Å²) in [6.45, 7) is 0. The first-order chi connectivity index (χ1) is 9.70. The van der Waals surface area contributed by atoms with Gasteiger partial charge in [0.15, 0.2) is 0 Å². The predicted octanol–water partition coefficient (Wildman–Crippen LogP) is 3.25. The lowest BCUT2D eigenvalue weighted by molar-refractivity contribution is 0.475. The van der Waals surface area contributed by atoms with E-state index in [1.54, 1.807) is 48.7 Å². The molecule has 20 heavy (non-hydrogen) atoms. The van der Waals surface area contributed by atoms with Gasteiger partial charge in [-0.05, 0) is 54.1 Å². The molecule has 1 aromatic heterocycles. The van der Waals surface area contributed by atoms with Gasteiger partial charge in [0, 0.05) is 17.7 Å². The number of hydrogen-bond acceptors (Lipinski definition) is 4. The Morgan fingerprint density at radius 1 is 1.00 bits per heavy atom. The van der Waals surface area contributed by atoms with Crippen molar-refractivity contribution in [3.8, 4) is 5.75 Å². The zero-order chi connectivity index (χ0) is 13.9. The van der Waals surface area contributed by atoms with Crippen molar-refractivity contribution in [3.05, 3.63) is 70.6 Å². The Kier molecular flexibility index (Phi) is 3.05. The molecule has 0 aliphatic rings. The summed E-state index contributed by atoms with van der Waals surface area (Å²) in [7, 11) is 0. The molecule has 0 fully saturated rings. The largest absolute Gasteiger partial charge is 0.508 e. The van der Waals surface area contributed by atoms with Crippen molar-refractivity contribution in [2.24, 2.45) is 4.99 Å². The van der Waals surface area contributed by atoms with Crippen LogP contribution in [-0.4, -0.2) is 11.3 Å². The Balaban J connectivity index is 1.92. The third kappa shape index (κ3) is 2.59. The number of aliphatic imine (C=N–C) groups is 1. The first-order valence-electron chi connectivity index (χ1n) is 6.08. The summed E-state index contributed by atoms with van der Waals surface area (Å²) in [5, 5.41) is 10.0. The number of fused-ring (bicyclic) bond motifs is 1. The lowest BCUT2D eigenvalue weighted by Crippen LogP contribution is -1.93. The quantitative estimate of drug-likeness (QED) is 0.571. The summed E-state index contributed by atoms with van der Waals surface area (Å²) < 4.78 is 5.06. The first-order valence-corrected chi connectivity index (χ1v) is 6.08. The van der Waals surface area contributed by atoms with E-state index in [0.29, 0.717) is 5.58 Å². The van der Waals surface area contributed by atoms with Crippen LogP contribution in [0.25, 0.3) is 11.0 Å².